The maximum Gasteiger partial charge on any atom is 0.242 e. The van der Waals surface area contributed by atoms with Gasteiger partial charge in [0.1, 0.15) is 5.82 Å². The van der Waals surface area contributed by atoms with Crippen molar-refractivity contribution in [1.82, 2.24) is 14.9 Å². The molecule has 0 aliphatic heterocycles. The van der Waals surface area contributed by atoms with E-state index >= 15 is 0 Å². The van der Waals surface area contributed by atoms with Crippen LogP contribution in [0.25, 0.3) is 11.4 Å². The Kier molecular flexibility index (Phi) is 4.41. The molecule has 0 radical (unpaired) electrons. The van der Waals surface area contributed by atoms with Crippen LogP contribution in [-0.2, 0) is 16.6 Å². The standard InChI is InChI=1S/C16H14FN3O3S/c1-11-6-2-5-9-14(11)24(21,22)18-10-15-19-16(20-23-15)12-7-3-4-8-13(12)17/h2-9,18H,10H2,1H3. The zero-order valence-corrected chi connectivity index (χ0v) is 13.5. The highest BCUT2D eigenvalue weighted by Crippen LogP contribution is 2.19. The number of halogens is 1. The van der Waals surface area contributed by atoms with Crippen molar-refractivity contribution in [3.63, 3.8) is 0 Å². The normalized spacial score (nSPS) is 11.6. The topological polar surface area (TPSA) is 85.1 Å². The zero-order chi connectivity index (χ0) is 17.2. The van der Waals surface area contributed by atoms with E-state index in [2.05, 4.69) is 14.9 Å². The number of sulfonamides is 1. The van der Waals surface area contributed by atoms with Crippen molar-refractivity contribution in [3.8, 4) is 11.4 Å². The smallest absolute Gasteiger partial charge is 0.242 e. The predicted octanol–water partition coefficient (Wildman–Crippen LogP) is 2.66. The molecule has 24 heavy (non-hydrogen) atoms. The van der Waals surface area contributed by atoms with Gasteiger partial charge in [0, 0.05) is 0 Å². The predicted molar refractivity (Wildman–Crippen MR) is 84.9 cm³/mol. The van der Waals surface area contributed by atoms with E-state index in [1.807, 2.05) is 0 Å². The number of aromatic nitrogens is 2. The summed E-state index contributed by atoms with van der Waals surface area (Å²) in [4.78, 5) is 4.20. The van der Waals surface area contributed by atoms with Crippen molar-refractivity contribution < 1.29 is 17.3 Å². The van der Waals surface area contributed by atoms with Gasteiger partial charge in [-0.25, -0.2) is 17.5 Å². The minimum Gasteiger partial charge on any atom is -0.338 e. The fourth-order valence-corrected chi connectivity index (χ4v) is 3.39. The highest BCUT2D eigenvalue weighted by molar-refractivity contribution is 7.89. The van der Waals surface area contributed by atoms with E-state index in [9.17, 15) is 12.8 Å². The summed E-state index contributed by atoms with van der Waals surface area (Å²) in [6.45, 7) is 1.52. The second-order valence-electron chi connectivity index (χ2n) is 5.08. The quantitative estimate of drug-likeness (QED) is 0.767. The lowest BCUT2D eigenvalue weighted by Crippen LogP contribution is -2.24. The number of hydrogen-bond donors (Lipinski definition) is 1. The van der Waals surface area contributed by atoms with E-state index in [1.54, 1.807) is 37.3 Å². The fraction of sp³-hybridized carbons (Fsp3) is 0.125. The third kappa shape index (κ3) is 3.34. The van der Waals surface area contributed by atoms with Crippen LogP contribution in [0.15, 0.2) is 57.9 Å². The molecule has 0 unspecified atom stereocenters. The van der Waals surface area contributed by atoms with E-state index < -0.39 is 15.8 Å². The van der Waals surface area contributed by atoms with Gasteiger partial charge in [-0.2, -0.15) is 4.98 Å². The van der Waals surface area contributed by atoms with Crippen molar-refractivity contribution in [2.75, 3.05) is 0 Å². The molecule has 0 amide bonds. The van der Waals surface area contributed by atoms with Crippen LogP contribution >= 0.6 is 0 Å². The molecule has 0 aliphatic rings. The first kappa shape index (κ1) is 16.3. The lowest BCUT2D eigenvalue weighted by atomic mass is 10.2. The lowest BCUT2D eigenvalue weighted by Gasteiger charge is -2.07. The molecule has 2 aromatic carbocycles. The van der Waals surface area contributed by atoms with Crippen LogP contribution in [0.5, 0.6) is 0 Å². The van der Waals surface area contributed by atoms with Crippen LogP contribution in [0, 0.1) is 12.7 Å². The molecular weight excluding hydrogens is 333 g/mol. The summed E-state index contributed by atoms with van der Waals surface area (Å²) >= 11 is 0. The molecule has 124 valence electrons. The number of hydrogen-bond acceptors (Lipinski definition) is 5. The third-order valence-electron chi connectivity index (χ3n) is 3.38. The molecule has 0 spiro atoms. The molecule has 0 fully saturated rings. The van der Waals surface area contributed by atoms with Crippen molar-refractivity contribution in [2.24, 2.45) is 0 Å². The zero-order valence-electron chi connectivity index (χ0n) is 12.7. The molecular formula is C16H14FN3O3S. The van der Waals surface area contributed by atoms with Crippen molar-refractivity contribution in [1.29, 1.82) is 0 Å². The van der Waals surface area contributed by atoms with Gasteiger partial charge in [0.05, 0.1) is 17.0 Å². The molecule has 0 saturated heterocycles. The van der Waals surface area contributed by atoms with Gasteiger partial charge in [0.15, 0.2) is 0 Å². The van der Waals surface area contributed by atoms with E-state index in [0.717, 1.165) is 0 Å². The molecule has 0 aliphatic carbocycles. The summed E-state index contributed by atoms with van der Waals surface area (Å²) in [6, 6.07) is 12.6. The minimum absolute atomic E-state index is 0.0467. The number of nitrogens with one attached hydrogen (secondary N) is 1. The first-order valence-corrected chi connectivity index (χ1v) is 8.58. The first-order valence-electron chi connectivity index (χ1n) is 7.10. The molecule has 1 N–H and O–H groups in total. The van der Waals surface area contributed by atoms with Crippen LogP contribution in [0.2, 0.25) is 0 Å². The summed E-state index contributed by atoms with van der Waals surface area (Å²) in [6.07, 6.45) is 0. The van der Waals surface area contributed by atoms with Crippen molar-refractivity contribution >= 4 is 10.0 Å². The third-order valence-corrected chi connectivity index (χ3v) is 4.94. The van der Waals surface area contributed by atoms with Crippen LogP contribution in [0.3, 0.4) is 0 Å². The van der Waals surface area contributed by atoms with Gasteiger partial charge in [-0.1, -0.05) is 35.5 Å². The van der Waals surface area contributed by atoms with Crippen LogP contribution < -0.4 is 4.72 Å². The van der Waals surface area contributed by atoms with E-state index in [4.69, 9.17) is 4.52 Å². The van der Waals surface area contributed by atoms with E-state index in [-0.39, 0.29) is 28.7 Å². The molecule has 6 nitrogen and oxygen atoms in total. The number of rotatable bonds is 5. The molecule has 0 atom stereocenters. The monoisotopic (exact) mass is 347 g/mol. The molecule has 1 heterocycles. The molecule has 0 saturated carbocycles. The van der Waals surface area contributed by atoms with Gasteiger partial charge in [-0.3, -0.25) is 0 Å². The Morgan fingerprint density at radius 3 is 2.58 bits per heavy atom. The van der Waals surface area contributed by atoms with Gasteiger partial charge >= 0.3 is 0 Å². The average Bonchev–Trinajstić information content (AvgIpc) is 3.02. The van der Waals surface area contributed by atoms with Crippen LogP contribution in [0.1, 0.15) is 11.5 Å². The van der Waals surface area contributed by atoms with E-state index in [0.29, 0.717) is 5.56 Å². The summed E-state index contributed by atoms with van der Waals surface area (Å²) in [5.74, 6) is -0.367. The van der Waals surface area contributed by atoms with E-state index in [1.165, 1.54) is 18.2 Å². The Balaban J connectivity index is 1.77. The van der Waals surface area contributed by atoms with Crippen molar-refractivity contribution in [2.45, 2.75) is 18.4 Å². The molecule has 8 heteroatoms. The molecule has 0 bridgehead atoms. The SMILES string of the molecule is Cc1ccccc1S(=O)(=O)NCc1nc(-c2ccccc2F)no1. The number of benzene rings is 2. The van der Waals surface area contributed by atoms with Crippen LogP contribution in [0.4, 0.5) is 4.39 Å². The second kappa shape index (κ2) is 6.50. The largest absolute Gasteiger partial charge is 0.338 e. The first-order chi connectivity index (χ1) is 11.5. The van der Waals surface area contributed by atoms with Gasteiger partial charge in [-0.05, 0) is 30.7 Å². The number of nitrogens with zero attached hydrogens (tertiary/aromatic N) is 2. The van der Waals surface area contributed by atoms with Gasteiger partial charge < -0.3 is 4.52 Å². The molecule has 3 aromatic rings. The summed E-state index contributed by atoms with van der Waals surface area (Å²) < 4.78 is 45.7. The summed E-state index contributed by atoms with van der Waals surface area (Å²) in [5.41, 5.74) is 0.817. The van der Waals surface area contributed by atoms with Crippen molar-refractivity contribution in [3.05, 3.63) is 65.8 Å². The Labute approximate surface area is 138 Å². The Bertz CT molecular complexity index is 970. The summed E-state index contributed by atoms with van der Waals surface area (Å²) in [5, 5.41) is 3.68. The Morgan fingerprint density at radius 1 is 1.12 bits per heavy atom. The highest BCUT2D eigenvalue weighted by atomic mass is 32.2. The molecule has 3 rings (SSSR count). The number of aryl methyl sites for hydroxylation is 1. The fourth-order valence-electron chi connectivity index (χ4n) is 2.17. The Morgan fingerprint density at radius 2 is 1.83 bits per heavy atom. The Hall–Kier alpha value is -2.58. The maximum atomic E-state index is 13.7. The summed E-state index contributed by atoms with van der Waals surface area (Å²) in [7, 11) is -3.70. The molecule has 1 aromatic heterocycles. The van der Waals surface area contributed by atoms with Gasteiger partial charge in [0.25, 0.3) is 0 Å². The average molecular weight is 347 g/mol. The highest BCUT2D eigenvalue weighted by Gasteiger charge is 2.18. The maximum absolute atomic E-state index is 13.7. The van der Waals surface area contributed by atoms with Gasteiger partial charge in [0.2, 0.25) is 21.7 Å². The lowest BCUT2D eigenvalue weighted by molar-refractivity contribution is 0.375. The van der Waals surface area contributed by atoms with Crippen LogP contribution in [-0.4, -0.2) is 18.6 Å². The minimum atomic E-state index is -3.70. The van der Waals surface area contributed by atoms with Gasteiger partial charge in [-0.15, -0.1) is 0 Å². The second-order valence-corrected chi connectivity index (χ2v) is 6.82.